The van der Waals surface area contributed by atoms with E-state index in [9.17, 15) is 21.6 Å². The lowest BCUT2D eigenvalue weighted by Crippen LogP contribution is -2.60. The molecule has 10 nitrogen and oxygen atoms in total. The number of nitrogens with one attached hydrogen (secondary N) is 1. The molecule has 1 aliphatic heterocycles. The van der Waals surface area contributed by atoms with Crippen LogP contribution < -0.4 is 10.3 Å². The molecule has 1 fully saturated rings. The summed E-state index contributed by atoms with van der Waals surface area (Å²) in [4.78, 5) is 15.6. The number of carbonyl (C=O) groups excluding carboxylic acids is 1. The molecule has 3 aromatic carbocycles. The van der Waals surface area contributed by atoms with Crippen LogP contribution in [0.3, 0.4) is 0 Å². The summed E-state index contributed by atoms with van der Waals surface area (Å²) < 4.78 is 55.8. The zero-order valence-corrected chi connectivity index (χ0v) is 24.1. The lowest BCUT2D eigenvalue weighted by atomic mass is 10.2. The third kappa shape index (κ3) is 6.41. The van der Waals surface area contributed by atoms with E-state index in [4.69, 9.17) is 0 Å². The van der Waals surface area contributed by atoms with Gasteiger partial charge in [0, 0.05) is 38.4 Å². The van der Waals surface area contributed by atoms with Gasteiger partial charge in [0.1, 0.15) is 6.04 Å². The molecule has 1 amide bonds. The molecule has 0 bridgehead atoms. The molecular formula is C28H33N5O5S2. The van der Waals surface area contributed by atoms with Crippen molar-refractivity contribution in [1.82, 2.24) is 14.0 Å². The van der Waals surface area contributed by atoms with Crippen LogP contribution in [0.25, 0.3) is 0 Å². The van der Waals surface area contributed by atoms with Crippen molar-refractivity contribution in [3.63, 3.8) is 0 Å². The number of amides is 1. The van der Waals surface area contributed by atoms with Crippen LogP contribution in [0.4, 0.5) is 5.69 Å². The van der Waals surface area contributed by atoms with E-state index in [2.05, 4.69) is 29.3 Å². The molecule has 4 rings (SSSR count). The molecule has 212 valence electrons. The van der Waals surface area contributed by atoms with Gasteiger partial charge >= 0.3 is 0 Å². The SMILES string of the molecule is CCN(CC)c1ccc(/C=N\NC(=O)[C@@H]2CN(S(=O)(=O)c3ccccc3)CCN2S(=O)(=O)c2ccccc2)cc1. The molecule has 0 radical (unpaired) electrons. The molecular weight excluding hydrogens is 550 g/mol. The highest BCUT2D eigenvalue weighted by Crippen LogP contribution is 2.25. The molecule has 1 aliphatic rings. The lowest BCUT2D eigenvalue weighted by Gasteiger charge is -2.38. The molecule has 1 saturated heterocycles. The first-order valence-electron chi connectivity index (χ1n) is 13.0. The van der Waals surface area contributed by atoms with Gasteiger partial charge in [0.15, 0.2) is 0 Å². The minimum Gasteiger partial charge on any atom is -0.372 e. The topological polar surface area (TPSA) is 119 Å². The fourth-order valence-electron chi connectivity index (χ4n) is 4.54. The van der Waals surface area contributed by atoms with E-state index in [0.717, 1.165) is 33.0 Å². The summed E-state index contributed by atoms with van der Waals surface area (Å²) in [6.45, 7) is 5.25. The van der Waals surface area contributed by atoms with Gasteiger partial charge in [-0.25, -0.2) is 22.3 Å². The maximum Gasteiger partial charge on any atom is 0.259 e. The van der Waals surface area contributed by atoms with E-state index in [1.165, 1.54) is 30.5 Å². The Balaban J connectivity index is 1.57. The smallest absolute Gasteiger partial charge is 0.259 e. The zero-order chi connectivity index (χ0) is 28.8. The van der Waals surface area contributed by atoms with Crippen molar-refractivity contribution in [3.05, 3.63) is 90.5 Å². The van der Waals surface area contributed by atoms with Crippen molar-refractivity contribution in [3.8, 4) is 0 Å². The van der Waals surface area contributed by atoms with Gasteiger partial charge in [-0.2, -0.15) is 13.7 Å². The Bertz CT molecular complexity index is 1530. The summed E-state index contributed by atoms with van der Waals surface area (Å²) in [5, 5.41) is 4.04. The Labute approximate surface area is 236 Å². The van der Waals surface area contributed by atoms with Crippen LogP contribution in [0.1, 0.15) is 19.4 Å². The van der Waals surface area contributed by atoms with E-state index in [1.807, 2.05) is 24.3 Å². The molecule has 40 heavy (non-hydrogen) atoms. The Kier molecular flexibility index (Phi) is 9.36. The van der Waals surface area contributed by atoms with Crippen LogP contribution in [0.2, 0.25) is 0 Å². The van der Waals surface area contributed by atoms with Crippen LogP contribution >= 0.6 is 0 Å². The number of rotatable bonds is 10. The summed E-state index contributed by atoms with van der Waals surface area (Å²) in [5.74, 6) is -0.733. The van der Waals surface area contributed by atoms with Crippen LogP contribution in [0.5, 0.6) is 0 Å². The van der Waals surface area contributed by atoms with Gasteiger partial charge in [0.25, 0.3) is 5.91 Å². The molecule has 0 aliphatic carbocycles. The number of nitrogens with zero attached hydrogens (tertiary/aromatic N) is 4. The summed E-state index contributed by atoms with van der Waals surface area (Å²) in [5.41, 5.74) is 4.22. The highest BCUT2D eigenvalue weighted by Gasteiger charge is 2.43. The van der Waals surface area contributed by atoms with E-state index >= 15 is 0 Å². The lowest BCUT2D eigenvalue weighted by molar-refractivity contribution is -0.125. The van der Waals surface area contributed by atoms with E-state index in [1.54, 1.807) is 36.4 Å². The Morgan fingerprint density at radius 1 is 0.850 bits per heavy atom. The number of carbonyl (C=O) groups is 1. The Morgan fingerprint density at radius 3 is 1.95 bits per heavy atom. The number of hydrazone groups is 1. The molecule has 12 heteroatoms. The summed E-state index contributed by atoms with van der Waals surface area (Å²) >= 11 is 0. The third-order valence-corrected chi connectivity index (χ3v) is 10.5. The van der Waals surface area contributed by atoms with Crippen LogP contribution in [0.15, 0.2) is 99.8 Å². The molecule has 1 atom stereocenters. The number of piperazine rings is 1. The fraction of sp³-hybridized carbons (Fsp3) is 0.286. The van der Waals surface area contributed by atoms with Crippen molar-refractivity contribution in [2.24, 2.45) is 5.10 Å². The van der Waals surface area contributed by atoms with E-state index in [0.29, 0.717) is 0 Å². The minimum absolute atomic E-state index is 0.0176. The first-order valence-corrected chi connectivity index (χ1v) is 15.9. The van der Waals surface area contributed by atoms with Gasteiger partial charge in [0.05, 0.1) is 16.0 Å². The third-order valence-electron chi connectivity index (χ3n) is 6.74. The summed E-state index contributed by atoms with van der Waals surface area (Å²) in [7, 11) is -8.04. The quantitative estimate of drug-likeness (QED) is 0.290. The van der Waals surface area contributed by atoms with Crippen molar-refractivity contribution < 1.29 is 21.6 Å². The minimum atomic E-state index is -4.09. The normalized spacial score (nSPS) is 17.1. The standard InChI is InChI=1S/C28H33N5O5S2/c1-3-31(4-2)24-17-15-23(16-18-24)21-29-30-28(34)27-22-32(39(35,36)25-11-7-5-8-12-25)19-20-33(27)40(37,38)26-13-9-6-10-14-26/h5-18,21,27H,3-4,19-20,22H2,1-2H3,(H,30,34)/b29-21-/t27-/m0/s1. The number of sulfonamides is 2. The average Bonchev–Trinajstić information content (AvgIpc) is 2.99. The van der Waals surface area contributed by atoms with Crippen molar-refractivity contribution >= 4 is 37.9 Å². The summed E-state index contributed by atoms with van der Waals surface area (Å²) in [6.07, 6.45) is 1.46. The largest absolute Gasteiger partial charge is 0.372 e. The van der Waals surface area contributed by atoms with Crippen molar-refractivity contribution in [1.29, 1.82) is 0 Å². The molecule has 1 heterocycles. The molecule has 3 aromatic rings. The zero-order valence-electron chi connectivity index (χ0n) is 22.4. The molecule has 1 N–H and O–H groups in total. The predicted octanol–water partition coefficient (Wildman–Crippen LogP) is 2.75. The summed E-state index contributed by atoms with van der Waals surface area (Å²) in [6, 6.07) is 21.9. The highest BCUT2D eigenvalue weighted by molar-refractivity contribution is 7.89. The number of benzene rings is 3. The number of hydrogen-bond donors (Lipinski definition) is 1. The van der Waals surface area contributed by atoms with Gasteiger partial charge < -0.3 is 4.90 Å². The maximum absolute atomic E-state index is 13.5. The second-order valence-electron chi connectivity index (χ2n) is 9.12. The van der Waals surface area contributed by atoms with Gasteiger partial charge in [-0.15, -0.1) is 0 Å². The first kappa shape index (κ1) is 29.4. The second kappa shape index (κ2) is 12.7. The first-order chi connectivity index (χ1) is 19.2. The average molecular weight is 584 g/mol. The molecule has 0 unspecified atom stereocenters. The van der Waals surface area contributed by atoms with Gasteiger partial charge in [-0.05, 0) is 55.8 Å². The van der Waals surface area contributed by atoms with Crippen molar-refractivity contribution in [2.75, 3.05) is 37.6 Å². The van der Waals surface area contributed by atoms with Gasteiger partial charge in [-0.1, -0.05) is 48.5 Å². The van der Waals surface area contributed by atoms with E-state index in [-0.39, 0.29) is 29.4 Å². The number of hydrogen-bond acceptors (Lipinski definition) is 7. The molecule has 0 saturated carbocycles. The van der Waals surface area contributed by atoms with E-state index < -0.39 is 32.0 Å². The fourth-order valence-corrected chi connectivity index (χ4v) is 7.59. The second-order valence-corrected chi connectivity index (χ2v) is 12.9. The predicted molar refractivity (Wildman–Crippen MR) is 155 cm³/mol. The molecule has 0 spiro atoms. The van der Waals surface area contributed by atoms with Crippen LogP contribution in [-0.4, -0.2) is 76.3 Å². The van der Waals surface area contributed by atoms with Gasteiger partial charge in [-0.3, -0.25) is 4.79 Å². The maximum atomic E-state index is 13.5. The van der Waals surface area contributed by atoms with Crippen LogP contribution in [-0.2, 0) is 24.8 Å². The van der Waals surface area contributed by atoms with Crippen LogP contribution in [0, 0.1) is 0 Å². The van der Waals surface area contributed by atoms with Gasteiger partial charge in [0.2, 0.25) is 20.0 Å². The van der Waals surface area contributed by atoms with Crippen molar-refractivity contribution in [2.45, 2.75) is 29.7 Å². The molecule has 0 aromatic heterocycles. The Hall–Kier alpha value is -3.58. The highest BCUT2D eigenvalue weighted by atomic mass is 32.2. The number of anilines is 1. The Morgan fingerprint density at radius 2 is 1.40 bits per heavy atom. The monoisotopic (exact) mass is 583 g/mol.